The van der Waals surface area contributed by atoms with Crippen LogP contribution in [0.2, 0.25) is 0 Å². The third-order valence-corrected chi connectivity index (χ3v) is 8.82. The van der Waals surface area contributed by atoms with E-state index < -0.39 is 0 Å². The molecule has 0 aliphatic rings. The average Bonchev–Trinajstić information content (AvgIpc) is 3.14. The minimum atomic E-state index is -0.121. The van der Waals surface area contributed by atoms with Gasteiger partial charge in [-0.3, -0.25) is 4.79 Å². The number of carbonyl (C=O) groups is 1. The second-order valence-electron chi connectivity index (χ2n) is 16.0. The Hall–Kier alpha value is -4.45. The lowest BCUT2D eigenvalue weighted by molar-refractivity contribution is -0.142. The lowest BCUT2D eigenvalue weighted by atomic mass is 10.1. The first-order valence-corrected chi connectivity index (χ1v) is 21.0. The summed E-state index contributed by atoms with van der Waals surface area (Å²) >= 11 is 0. The molecule has 0 unspecified atom stereocenters. The maximum Gasteiger partial charge on any atom is 0.306 e. The number of ether oxygens (including phenoxy) is 2. The number of carbonyl (C=O) groups excluding carboxylic acids is 1. The largest absolute Gasteiger partial charge is 0.494 e. The molecule has 0 aromatic heterocycles. The Bertz CT molecular complexity index is 1500. The summed E-state index contributed by atoms with van der Waals surface area (Å²) in [6, 6.07) is 0. The molecular weight excluding hydrogens is 713 g/mol. The lowest BCUT2D eigenvalue weighted by Gasteiger charge is -2.12. The third-order valence-electron chi connectivity index (χ3n) is 8.82. The van der Waals surface area contributed by atoms with Crippen molar-refractivity contribution in [2.75, 3.05) is 54.5 Å². The van der Waals surface area contributed by atoms with Crippen LogP contribution >= 0.6 is 0 Å². The highest BCUT2D eigenvalue weighted by molar-refractivity contribution is 5.69. The van der Waals surface area contributed by atoms with Crippen LogP contribution in [0.1, 0.15) is 107 Å². The predicted octanol–water partition coefficient (Wildman–Crippen LogP) is 13.7. The maximum atomic E-state index is 11.9. The summed E-state index contributed by atoms with van der Waals surface area (Å²) < 4.78 is 11.2. The Kier molecular flexibility index (Phi) is 31.9. The van der Waals surface area contributed by atoms with Crippen LogP contribution < -0.4 is 0 Å². The van der Waals surface area contributed by atoms with Crippen molar-refractivity contribution in [2.24, 2.45) is 0 Å². The molecule has 0 amide bonds. The molecule has 0 aliphatic heterocycles. The van der Waals surface area contributed by atoms with Crippen molar-refractivity contribution in [3.63, 3.8) is 0 Å². The Balaban J connectivity index is 4.63. The minimum absolute atomic E-state index is 0.121. The van der Waals surface area contributed by atoms with E-state index in [1.807, 2.05) is 21.0 Å². The molecule has 0 atom stereocenters. The van der Waals surface area contributed by atoms with Gasteiger partial charge >= 0.3 is 5.97 Å². The quantitative estimate of drug-likeness (QED) is 0.0327. The van der Waals surface area contributed by atoms with Gasteiger partial charge in [0.05, 0.1) is 5.76 Å². The molecule has 0 aromatic rings. The molecule has 0 spiro atoms. The molecule has 0 aromatic carbocycles. The van der Waals surface area contributed by atoms with Gasteiger partial charge in [-0.05, 0) is 146 Å². The molecule has 0 radical (unpaired) electrons. The summed E-state index contributed by atoms with van der Waals surface area (Å²) in [7, 11) is 8.19. The molecule has 0 rings (SSSR count). The number of nitrogens with zero attached hydrogens (tertiary/aromatic N) is 2. The SMILES string of the molecule is C=C(CCCN(C)C)OC/C(C)=C/CC/C(C)=C/C=C/C(C)=C/C=C/C(C)=C/C=C/C=C(C)/C=C/C=C(C)/C=C/C=C(\C)CC/C=C(\C)COC(=O)CCCN(C)C. The van der Waals surface area contributed by atoms with Crippen LogP contribution in [-0.4, -0.2) is 70.3 Å². The van der Waals surface area contributed by atoms with Gasteiger partial charge in [0.2, 0.25) is 0 Å². The van der Waals surface area contributed by atoms with Crippen LogP contribution in [0.3, 0.4) is 0 Å². The smallest absolute Gasteiger partial charge is 0.306 e. The molecule has 0 bridgehead atoms. The fraction of sp³-hybridized carbons (Fsp3) is 0.453. The van der Waals surface area contributed by atoms with Crippen molar-refractivity contribution in [1.82, 2.24) is 9.80 Å². The highest BCUT2D eigenvalue weighted by Crippen LogP contribution is 2.12. The van der Waals surface area contributed by atoms with Gasteiger partial charge in [-0.1, -0.05) is 149 Å². The van der Waals surface area contributed by atoms with Gasteiger partial charge in [-0.2, -0.15) is 0 Å². The molecular formula is C53H80N2O3. The molecule has 0 heterocycles. The zero-order chi connectivity index (χ0) is 43.6. The van der Waals surface area contributed by atoms with Crippen molar-refractivity contribution in [3.05, 3.63) is 166 Å². The van der Waals surface area contributed by atoms with Crippen LogP contribution in [0, 0.1) is 0 Å². The second kappa shape index (κ2) is 34.6. The number of esters is 1. The van der Waals surface area contributed by atoms with Crippen LogP contribution in [0.15, 0.2) is 166 Å². The van der Waals surface area contributed by atoms with E-state index in [1.54, 1.807) is 0 Å². The molecule has 320 valence electrons. The van der Waals surface area contributed by atoms with Gasteiger partial charge in [0.15, 0.2) is 0 Å². The molecule has 58 heavy (non-hydrogen) atoms. The first-order valence-electron chi connectivity index (χ1n) is 21.0. The number of rotatable bonds is 29. The van der Waals surface area contributed by atoms with E-state index in [0.717, 1.165) is 69.4 Å². The van der Waals surface area contributed by atoms with Gasteiger partial charge < -0.3 is 19.3 Å². The first-order chi connectivity index (χ1) is 27.6. The fourth-order valence-corrected chi connectivity index (χ4v) is 5.13. The molecule has 5 nitrogen and oxygen atoms in total. The molecule has 0 saturated carbocycles. The van der Waals surface area contributed by atoms with E-state index in [0.29, 0.717) is 19.6 Å². The van der Waals surface area contributed by atoms with Gasteiger partial charge in [-0.25, -0.2) is 0 Å². The Morgan fingerprint density at radius 1 is 0.466 bits per heavy atom. The van der Waals surface area contributed by atoms with E-state index in [-0.39, 0.29) is 5.97 Å². The fourth-order valence-electron chi connectivity index (χ4n) is 5.13. The van der Waals surface area contributed by atoms with Crippen molar-refractivity contribution in [3.8, 4) is 0 Å². The predicted molar refractivity (Wildman–Crippen MR) is 256 cm³/mol. The van der Waals surface area contributed by atoms with E-state index in [1.165, 1.54) is 39.0 Å². The summed E-state index contributed by atoms with van der Waals surface area (Å²) in [6.45, 7) is 23.9. The average molecular weight is 793 g/mol. The van der Waals surface area contributed by atoms with E-state index in [9.17, 15) is 4.79 Å². The summed E-state index contributed by atoms with van der Waals surface area (Å²) in [4.78, 5) is 16.1. The van der Waals surface area contributed by atoms with E-state index in [2.05, 4.69) is 188 Å². The topological polar surface area (TPSA) is 42.0 Å². The van der Waals surface area contributed by atoms with Crippen molar-refractivity contribution in [1.29, 1.82) is 0 Å². The van der Waals surface area contributed by atoms with Crippen molar-refractivity contribution >= 4 is 5.97 Å². The monoisotopic (exact) mass is 793 g/mol. The lowest BCUT2D eigenvalue weighted by Crippen LogP contribution is -2.15. The summed E-state index contributed by atoms with van der Waals surface area (Å²) in [5.74, 6) is 0.756. The number of hydrogen-bond acceptors (Lipinski definition) is 5. The highest BCUT2D eigenvalue weighted by Gasteiger charge is 2.04. The maximum absolute atomic E-state index is 11.9. The number of allylic oxidation sites excluding steroid dienone is 25. The Morgan fingerprint density at radius 2 is 0.828 bits per heavy atom. The summed E-state index contributed by atoms with van der Waals surface area (Å²) in [5, 5.41) is 0. The second-order valence-corrected chi connectivity index (χ2v) is 16.0. The standard InChI is InChI=1S/C53H80N2O3/c1-44(26-16-28-46(3)30-18-32-48(5)34-20-36-50(7)42-57-52(9)38-22-40-54(10)11)24-14-15-25-45(2)27-17-29-47(4)31-19-33-49(6)35-21-37-51(8)43-58-53(56)39-23-41-55(12)13/h14-19,24-33,36-37H,9,20-23,34-35,38-43H2,1-8,10-13H3/b15-14+,26-16+,27-17+,30-18+,31-19+,44-24+,45-25+,46-28+,47-29+,48-32+,49-33+,50-36+,51-37+. The Labute approximate surface area is 356 Å². The highest BCUT2D eigenvalue weighted by atomic mass is 16.5. The van der Waals surface area contributed by atoms with Crippen LogP contribution in [0.5, 0.6) is 0 Å². The summed E-state index contributed by atoms with van der Waals surface area (Å²) in [6.07, 6.45) is 45.6. The third kappa shape index (κ3) is 35.9. The Morgan fingerprint density at radius 3 is 1.24 bits per heavy atom. The van der Waals surface area contributed by atoms with Crippen molar-refractivity contribution < 1.29 is 14.3 Å². The zero-order valence-corrected chi connectivity index (χ0v) is 38.7. The van der Waals surface area contributed by atoms with E-state index >= 15 is 0 Å². The minimum Gasteiger partial charge on any atom is -0.494 e. The molecule has 0 N–H and O–H groups in total. The molecule has 0 aliphatic carbocycles. The van der Waals surface area contributed by atoms with Gasteiger partial charge in [-0.15, -0.1) is 0 Å². The van der Waals surface area contributed by atoms with Crippen LogP contribution in [0.4, 0.5) is 0 Å². The first kappa shape index (κ1) is 53.5. The van der Waals surface area contributed by atoms with Gasteiger partial charge in [0, 0.05) is 12.8 Å². The molecule has 5 heteroatoms. The van der Waals surface area contributed by atoms with Crippen LogP contribution in [-0.2, 0) is 14.3 Å². The normalized spacial score (nSPS) is 14.9. The summed E-state index contributed by atoms with van der Waals surface area (Å²) in [5.41, 5.74) is 9.79. The number of hydrogen-bond donors (Lipinski definition) is 0. The molecule has 0 saturated heterocycles. The van der Waals surface area contributed by atoms with E-state index in [4.69, 9.17) is 9.47 Å². The van der Waals surface area contributed by atoms with Crippen molar-refractivity contribution in [2.45, 2.75) is 107 Å². The van der Waals surface area contributed by atoms with Gasteiger partial charge in [0.1, 0.15) is 13.2 Å². The zero-order valence-electron chi connectivity index (χ0n) is 38.7. The van der Waals surface area contributed by atoms with Crippen LogP contribution in [0.25, 0.3) is 0 Å². The van der Waals surface area contributed by atoms with Gasteiger partial charge in [0.25, 0.3) is 0 Å². The molecule has 0 fully saturated rings.